The maximum atomic E-state index is 11.9. The number of hydrogen-bond acceptors (Lipinski definition) is 5. The van der Waals surface area contributed by atoms with Gasteiger partial charge in [-0.2, -0.15) is 0 Å². The van der Waals surface area contributed by atoms with Gasteiger partial charge >= 0.3 is 0 Å². The molecule has 2 N–H and O–H groups in total. The molecule has 6 nitrogen and oxygen atoms in total. The van der Waals surface area contributed by atoms with E-state index in [1.807, 2.05) is 0 Å². The van der Waals surface area contributed by atoms with Crippen molar-refractivity contribution in [2.45, 2.75) is 0 Å². The topological polar surface area (TPSA) is 84.3 Å². The molecule has 0 radical (unpaired) electrons. The summed E-state index contributed by atoms with van der Waals surface area (Å²) in [5, 5.41) is 12.4. The molecule has 0 fully saturated rings. The molecule has 0 saturated heterocycles. The van der Waals surface area contributed by atoms with E-state index in [0.717, 1.165) is 0 Å². The van der Waals surface area contributed by atoms with Crippen molar-refractivity contribution in [1.82, 2.24) is 9.97 Å². The lowest BCUT2D eigenvalue weighted by atomic mass is 10.2. The number of aromatic nitrogens is 2. The van der Waals surface area contributed by atoms with E-state index in [4.69, 9.17) is 16.3 Å². The van der Waals surface area contributed by atoms with Crippen LogP contribution in [0.15, 0.2) is 30.6 Å². The number of aromatic hydroxyl groups is 1. The Morgan fingerprint density at radius 2 is 2.16 bits per heavy atom. The summed E-state index contributed by atoms with van der Waals surface area (Å²) in [5.74, 6) is 0.0197. The number of benzene rings is 1. The average molecular weight is 280 g/mol. The second kappa shape index (κ2) is 5.53. The van der Waals surface area contributed by atoms with Crippen molar-refractivity contribution in [3.8, 4) is 11.5 Å². The zero-order valence-corrected chi connectivity index (χ0v) is 10.7. The number of methoxy groups -OCH3 is 1. The van der Waals surface area contributed by atoms with Crippen molar-refractivity contribution in [3.63, 3.8) is 0 Å². The largest absolute Gasteiger partial charge is 0.507 e. The van der Waals surface area contributed by atoms with Crippen molar-refractivity contribution >= 4 is 23.3 Å². The smallest absolute Gasteiger partial charge is 0.260 e. The first-order valence-corrected chi connectivity index (χ1v) is 5.64. The molecule has 1 amide bonds. The van der Waals surface area contributed by atoms with Crippen LogP contribution >= 0.6 is 11.6 Å². The highest BCUT2D eigenvalue weighted by atomic mass is 35.5. The Morgan fingerprint density at radius 1 is 1.37 bits per heavy atom. The van der Waals surface area contributed by atoms with Crippen molar-refractivity contribution < 1.29 is 14.6 Å². The molecule has 1 heterocycles. The fraction of sp³-hybridized carbons (Fsp3) is 0.0833. The van der Waals surface area contributed by atoms with Crippen LogP contribution in [0.5, 0.6) is 11.5 Å². The van der Waals surface area contributed by atoms with Gasteiger partial charge in [0.05, 0.1) is 12.7 Å². The first-order chi connectivity index (χ1) is 9.10. The molecule has 0 aliphatic heterocycles. The summed E-state index contributed by atoms with van der Waals surface area (Å²) < 4.78 is 4.93. The van der Waals surface area contributed by atoms with Crippen molar-refractivity contribution in [1.29, 1.82) is 0 Å². The molecule has 0 unspecified atom stereocenters. The minimum Gasteiger partial charge on any atom is -0.507 e. The summed E-state index contributed by atoms with van der Waals surface area (Å²) in [6.07, 6.45) is 1.23. The predicted octanol–water partition coefficient (Wildman–Crippen LogP) is 2.10. The monoisotopic (exact) mass is 279 g/mol. The SMILES string of the molecule is COc1ccc(C(=O)Nc2cc(Cl)ncn2)c(O)c1. The quantitative estimate of drug-likeness (QED) is 0.841. The lowest BCUT2D eigenvalue weighted by molar-refractivity contribution is 0.102. The van der Waals surface area contributed by atoms with E-state index >= 15 is 0 Å². The van der Waals surface area contributed by atoms with Gasteiger partial charge in [0, 0.05) is 12.1 Å². The van der Waals surface area contributed by atoms with Crippen LogP contribution in [0.3, 0.4) is 0 Å². The summed E-state index contributed by atoms with van der Waals surface area (Å²) in [6.45, 7) is 0. The number of halogens is 1. The number of carbonyl (C=O) groups excluding carboxylic acids is 1. The molecular formula is C12H10ClN3O3. The van der Waals surface area contributed by atoms with Gasteiger partial charge < -0.3 is 15.2 Å². The number of ether oxygens (including phenoxy) is 1. The molecule has 19 heavy (non-hydrogen) atoms. The van der Waals surface area contributed by atoms with E-state index in [-0.39, 0.29) is 22.3 Å². The molecule has 0 atom stereocenters. The van der Waals surface area contributed by atoms with Gasteiger partial charge in [0.25, 0.3) is 5.91 Å². The maximum absolute atomic E-state index is 11.9. The zero-order chi connectivity index (χ0) is 13.8. The molecule has 98 valence electrons. The van der Waals surface area contributed by atoms with Gasteiger partial charge in [-0.3, -0.25) is 4.79 Å². The second-order valence-electron chi connectivity index (χ2n) is 3.56. The van der Waals surface area contributed by atoms with Gasteiger partial charge in [0.1, 0.15) is 28.8 Å². The van der Waals surface area contributed by atoms with Crippen LogP contribution in [0.2, 0.25) is 5.15 Å². The van der Waals surface area contributed by atoms with E-state index in [9.17, 15) is 9.90 Å². The Labute approximate surface area is 114 Å². The van der Waals surface area contributed by atoms with E-state index in [1.54, 1.807) is 6.07 Å². The third-order valence-corrected chi connectivity index (χ3v) is 2.53. The standard InChI is InChI=1S/C12H10ClN3O3/c1-19-7-2-3-8(9(17)4-7)12(18)16-11-5-10(13)14-6-15-11/h2-6,17H,1H3,(H,14,15,16,18). The highest BCUT2D eigenvalue weighted by molar-refractivity contribution is 6.29. The fourth-order valence-corrected chi connectivity index (χ4v) is 1.56. The Morgan fingerprint density at radius 3 is 2.79 bits per heavy atom. The van der Waals surface area contributed by atoms with Crippen molar-refractivity contribution in [2.24, 2.45) is 0 Å². The minimum absolute atomic E-state index is 0.107. The lowest BCUT2D eigenvalue weighted by Gasteiger charge is -2.07. The molecule has 1 aromatic carbocycles. The van der Waals surface area contributed by atoms with Gasteiger partial charge in [-0.1, -0.05) is 11.6 Å². The van der Waals surface area contributed by atoms with Crippen LogP contribution in [-0.4, -0.2) is 28.1 Å². The molecule has 0 saturated carbocycles. The normalized spacial score (nSPS) is 10.0. The van der Waals surface area contributed by atoms with Gasteiger partial charge in [-0.15, -0.1) is 0 Å². The Bertz CT molecular complexity index is 619. The summed E-state index contributed by atoms with van der Waals surface area (Å²) in [5.41, 5.74) is 0.107. The van der Waals surface area contributed by atoms with Gasteiger partial charge in [-0.05, 0) is 12.1 Å². The molecule has 7 heteroatoms. The van der Waals surface area contributed by atoms with Crippen LogP contribution in [0.1, 0.15) is 10.4 Å². The number of phenolic OH excluding ortho intramolecular Hbond substituents is 1. The number of anilines is 1. The van der Waals surface area contributed by atoms with Gasteiger partial charge in [0.15, 0.2) is 0 Å². The van der Waals surface area contributed by atoms with Gasteiger partial charge in [-0.25, -0.2) is 9.97 Å². The number of nitrogens with zero attached hydrogens (tertiary/aromatic N) is 2. The van der Waals surface area contributed by atoms with Crippen molar-refractivity contribution in [3.05, 3.63) is 41.3 Å². The van der Waals surface area contributed by atoms with Crippen LogP contribution in [-0.2, 0) is 0 Å². The molecule has 0 aliphatic carbocycles. The molecule has 0 aliphatic rings. The summed E-state index contributed by atoms with van der Waals surface area (Å²) >= 11 is 5.68. The van der Waals surface area contributed by atoms with E-state index in [1.165, 1.54) is 31.6 Å². The highest BCUT2D eigenvalue weighted by Crippen LogP contribution is 2.24. The third kappa shape index (κ3) is 3.11. The van der Waals surface area contributed by atoms with E-state index in [0.29, 0.717) is 5.75 Å². The third-order valence-electron chi connectivity index (χ3n) is 2.32. The molecular weight excluding hydrogens is 270 g/mol. The Kier molecular flexibility index (Phi) is 3.82. The highest BCUT2D eigenvalue weighted by Gasteiger charge is 2.13. The van der Waals surface area contributed by atoms with E-state index < -0.39 is 5.91 Å². The van der Waals surface area contributed by atoms with Crippen molar-refractivity contribution in [2.75, 3.05) is 12.4 Å². The Hall–Kier alpha value is -2.34. The molecule has 0 spiro atoms. The lowest BCUT2D eigenvalue weighted by Crippen LogP contribution is -2.13. The second-order valence-corrected chi connectivity index (χ2v) is 3.95. The number of rotatable bonds is 3. The number of phenols is 1. The van der Waals surface area contributed by atoms with Crippen LogP contribution in [0.25, 0.3) is 0 Å². The summed E-state index contributed by atoms with van der Waals surface area (Å²) in [6, 6.07) is 5.77. The number of carbonyl (C=O) groups is 1. The maximum Gasteiger partial charge on any atom is 0.260 e. The summed E-state index contributed by atoms with van der Waals surface area (Å²) in [7, 11) is 1.47. The van der Waals surface area contributed by atoms with Crippen LogP contribution < -0.4 is 10.1 Å². The number of nitrogens with one attached hydrogen (secondary N) is 1. The average Bonchev–Trinajstić information content (AvgIpc) is 2.38. The van der Waals surface area contributed by atoms with Crippen LogP contribution in [0, 0.1) is 0 Å². The Balaban J connectivity index is 2.20. The first-order valence-electron chi connectivity index (χ1n) is 5.26. The molecule has 1 aromatic heterocycles. The molecule has 2 rings (SSSR count). The minimum atomic E-state index is -0.505. The number of hydrogen-bond donors (Lipinski definition) is 2. The predicted molar refractivity (Wildman–Crippen MR) is 69.7 cm³/mol. The van der Waals surface area contributed by atoms with Gasteiger partial charge in [0.2, 0.25) is 0 Å². The molecule has 2 aromatic rings. The fourth-order valence-electron chi connectivity index (χ4n) is 1.42. The van der Waals surface area contributed by atoms with Crippen LogP contribution in [0.4, 0.5) is 5.82 Å². The zero-order valence-electron chi connectivity index (χ0n) is 9.92. The summed E-state index contributed by atoms with van der Waals surface area (Å²) in [4.78, 5) is 19.5. The number of amides is 1. The molecule has 0 bridgehead atoms. The van der Waals surface area contributed by atoms with E-state index in [2.05, 4.69) is 15.3 Å². The first kappa shape index (κ1) is 13.1.